The van der Waals surface area contributed by atoms with Gasteiger partial charge >= 0.3 is 0 Å². The second kappa shape index (κ2) is 31.5. The zero-order valence-electron chi connectivity index (χ0n) is 59.8. The normalized spacial score (nSPS) is 11.0. The van der Waals surface area contributed by atoms with E-state index in [1.165, 1.54) is 12.3 Å². The molecule has 0 aliphatic carbocycles. The fraction of sp³-hybridized carbons (Fsp3) is 0.0101. The van der Waals surface area contributed by atoms with Crippen molar-refractivity contribution >= 4 is 0 Å². The van der Waals surface area contributed by atoms with Crippen LogP contribution in [0.2, 0.25) is 0 Å². The van der Waals surface area contributed by atoms with E-state index in [0.29, 0.717) is 28.7 Å². The Morgan fingerprint density at radius 1 is 0.164 bits per heavy atom. The monoisotopic (exact) mass is 1410 g/mol. The topological polar surface area (TPSA) is 129 Å². The Morgan fingerprint density at radius 3 is 0.664 bits per heavy atom. The summed E-state index contributed by atoms with van der Waals surface area (Å²) < 4.78 is 13.7. The smallest absolute Gasteiger partial charge is 0.160 e. The van der Waals surface area contributed by atoms with Crippen molar-refractivity contribution in [2.24, 2.45) is 0 Å². The molecular weight excluding hydrogens is 1350 g/mol. The van der Waals surface area contributed by atoms with Crippen LogP contribution in [0.3, 0.4) is 0 Å². The molecule has 18 rings (SSSR count). The molecule has 0 aliphatic rings. The van der Waals surface area contributed by atoms with Crippen molar-refractivity contribution < 1.29 is 4.39 Å². The summed E-state index contributed by atoms with van der Waals surface area (Å²) in [6.07, 6.45) is 6.88. The van der Waals surface area contributed by atoms with Crippen LogP contribution < -0.4 is 0 Å². The van der Waals surface area contributed by atoms with Crippen molar-refractivity contribution in [3.8, 4) is 180 Å². The Balaban J connectivity index is 0.000000160. The van der Waals surface area contributed by atoms with E-state index in [0.717, 1.165) is 157 Å². The van der Waals surface area contributed by atoms with Crippen molar-refractivity contribution in [1.29, 1.82) is 0 Å². The van der Waals surface area contributed by atoms with E-state index in [2.05, 4.69) is 234 Å². The first kappa shape index (κ1) is 68.3. The van der Waals surface area contributed by atoms with Crippen molar-refractivity contribution in [3.05, 3.63) is 400 Å². The number of halogens is 1. The van der Waals surface area contributed by atoms with Gasteiger partial charge in [-0.1, -0.05) is 297 Å². The van der Waals surface area contributed by atoms with Gasteiger partial charge in [0.1, 0.15) is 5.82 Å². The SMILES string of the molecule is Cc1ccc(-c2cc(-c3ccccc3)cc(-c3ccc(-c4ccc(-c5ccc(-c6nc(-c7ccccc7)cc(-c7ccccc7)n6)cc5)cc4)cn3)n2)nc1.Fc1ccc(-c2cc(-c3ccccc3)cc(-c3ccc(-c4ccc(-c5ccc(-c6nc(-c7ccccc7)cc(-c7ccccc7)n6)cc5)cc4)cn3)n2)nc1. The van der Waals surface area contributed by atoms with Gasteiger partial charge in [0.25, 0.3) is 0 Å². The van der Waals surface area contributed by atoms with Gasteiger partial charge in [0.2, 0.25) is 0 Å². The minimum atomic E-state index is -0.389. The molecule has 18 aromatic rings. The Hall–Kier alpha value is -14.8. The Morgan fingerprint density at radius 2 is 0.400 bits per heavy atom. The van der Waals surface area contributed by atoms with Gasteiger partial charge in [-0.05, 0) is 135 Å². The molecule has 10 nitrogen and oxygen atoms in total. The van der Waals surface area contributed by atoms with E-state index in [1.807, 2.05) is 153 Å². The number of aromatic nitrogens is 10. The summed E-state index contributed by atoms with van der Waals surface area (Å²) in [7, 11) is 0. The van der Waals surface area contributed by atoms with Gasteiger partial charge in [0.05, 0.1) is 74.5 Å². The average Bonchev–Trinajstić information content (AvgIpc) is 0.810. The summed E-state index contributed by atoms with van der Waals surface area (Å²) in [5.74, 6) is 0.992. The van der Waals surface area contributed by atoms with Crippen LogP contribution in [-0.2, 0) is 0 Å². The average molecular weight is 1420 g/mol. The molecule has 0 radical (unpaired) electrons. The molecule has 0 unspecified atom stereocenters. The summed E-state index contributed by atoms with van der Waals surface area (Å²) in [6.45, 7) is 2.04. The second-order valence-electron chi connectivity index (χ2n) is 26.6. The van der Waals surface area contributed by atoms with E-state index < -0.39 is 0 Å². The Kier molecular flexibility index (Phi) is 19.5. The Bertz CT molecular complexity index is 5670. The molecule has 0 fully saturated rings. The third-order valence-electron chi connectivity index (χ3n) is 19.2. The maximum Gasteiger partial charge on any atom is 0.160 e. The maximum absolute atomic E-state index is 13.7. The molecule has 8 aromatic heterocycles. The van der Waals surface area contributed by atoms with Crippen molar-refractivity contribution in [1.82, 2.24) is 49.8 Å². The van der Waals surface area contributed by atoms with E-state index >= 15 is 0 Å². The van der Waals surface area contributed by atoms with Gasteiger partial charge in [-0.25, -0.2) is 34.3 Å². The zero-order chi connectivity index (χ0) is 74.0. The molecule has 0 N–H and O–H groups in total. The standard InChI is InChI=1S/C50H35N5.C49H32FN5/c1-34-17-27-44(51-32-34)48-29-43(35-11-5-2-6-12-35)30-49(53-48)45-28-26-42(33-52-45)38-20-18-36(19-21-38)37-22-24-41(25-23-37)50-54-46(39-13-7-3-8-14-39)31-47(55-50)40-15-9-4-10-16-40;50-42-25-27-44(52-32-42)48-29-41(33-10-4-1-5-11-33)28-47(53-48)43-26-24-40(31-51-43)36-18-16-34(17-19-36)35-20-22-39(23-21-35)49-54-45(37-12-6-2-7-13-37)30-46(55-49)38-14-8-3-9-15-38/h2-33H,1H3;1-32H. The lowest BCUT2D eigenvalue weighted by Crippen LogP contribution is -1.95. The predicted octanol–water partition coefficient (Wildman–Crippen LogP) is 24.4. The number of rotatable bonds is 16. The number of pyridine rings is 6. The minimum Gasteiger partial charge on any atom is -0.254 e. The molecule has 0 amide bonds. The molecule has 0 spiro atoms. The molecule has 0 bridgehead atoms. The molecule has 0 saturated carbocycles. The number of hydrogen-bond acceptors (Lipinski definition) is 10. The van der Waals surface area contributed by atoms with Gasteiger partial charge in [-0.2, -0.15) is 0 Å². The van der Waals surface area contributed by atoms with Crippen LogP contribution in [0.15, 0.2) is 389 Å². The molecule has 110 heavy (non-hydrogen) atoms. The van der Waals surface area contributed by atoms with Crippen LogP contribution >= 0.6 is 0 Å². The van der Waals surface area contributed by atoms with Crippen LogP contribution in [0.25, 0.3) is 180 Å². The highest BCUT2D eigenvalue weighted by Gasteiger charge is 2.18. The largest absolute Gasteiger partial charge is 0.254 e. The first-order chi connectivity index (χ1) is 54.2. The van der Waals surface area contributed by atoms with Crippen LogP contribution in [0.4, 0.5) is 4.39 Å². The molecular formula is C99H67FN10. The first-order valence-electron chi connectivity index (χ1n) is 36.3. The molecule has 8 heterocycles. The third kappa shape index (κ3) is 15.6. The summed E-state index contributed by atoms with van der Waals surface area (Å²) in [5.41, 5.74) is 29.6. The maximum atomic E-state index is 13.7. The lowest BCUT2D eigenvalue weighted by Gasteiger charge is -2.11. The molecule has 0 aliphatic heterocycles. The number of nitrogens with zero attached hydrogens (tertiary/aromatic N) is 10. The van der Waals surface area contributed by atoms with Gasteiger partial charge < -0.3 is 0 Å². The van der Waals surface area contributed by atoms with E-state index in [-0.39, 0.29) is 5.82 Å². The van der Waals surface area contributed by atoms with E-state index in [4.69, 9.17) is 39.9 Å². The lowest BCUT2D eigenvalue weighted by molar-refractivity contribution is 0.622. The van der Waals surface area contributed by atoms with Gasteiger partial charge in [0.15, 0.2) is 11.6 Å². The highest BCUT2D eigenvalue weighted by atomic mass is 19.1. The fourth-order valence-electron chi connectivity index (χ4n) is 13.3. The highest BCUT2D eigenvalue weighted by Crippen LogP contribution is 2.37. The summed E-state index contributed by atoms with van der Waals surface area (Å²) >= 11 is 0. The highest BCUT2D eigenvalue weighted by molar-refractivity contribution is 5.81. The fourth-order valence-corrected chi connectivity index (χ4v) is 13.3. The summed E-state index contributed by atoms with van der Waals surface area (Å²) in [4.78, 5) is 48.5. The van der Waals surface area contributed by atoms with Gasteiger partial charge in [0, 0.05) is 63.1 Å². The van der Waals surface area contributed by atoms with Crippen molar-refractivity contribution in [2.45, 2.75) is 6.92 Å². The summed E-state index contributed by atoms with van der Waals surface area (Å²) in [5, 5.41) is 0. The zero-order valence-corrected chi connectivity index (χ0v) is 59.8. The molecule has 11 heteroatoms. The van der Waals surface area contributed by atoms with Crippen LogP contribution in [0.1, 0.15) is 5.56 Å². The predicted molar refractivity (Wildman–Crippen MR) is 443 cm³/mol. The van der Waals surface area contributed by atoms with E-state index in [9.17, 15) is 4.39 Å². The second-order valence-corrected chi connectivity index (χ2v) is 26.6. The van der Waals surface area contributed by atoms with Crippen LogP contribution in [0, 0.1) is 12.7 Å². The molecule has 520 valence electrons. The quantitative estimate of drug-likeness (QED) is 0.0922. The van der Waals surface area contributed by atoms with Crippen molar-refractivity contribution in [3.63, 3.8) is 0 Å². The molecule has 0 atom stereocenters. The number of aryl methyl sites for hydroxylation is 1. The lowest BCUT2D eigenvalue weighted by atomic mass is 9.99. The third-order valence-corrected chi connectivity index (χ3v) is 19.2. The Labute approximate surface area is 637 Å². The summed E-state index contributed by atoms with van der Waals surface area (Å²) in [6, 6.07) is 123. The first-order valence-corrected chi connectivity index (χ1v) is 36.3. The van der Waals surface area contributed by atoms with Crippen LogP contribution in [-0.4, -0.2) is 49.8 Å². The van der Waals surface area contributed by atoms with Crippen molar-refractivity contribution in [2.75, 3.05) is 0 Å². The number of hydrogen-bond donors (Lipinski definition) is 0. The molecule has 0 saturated heterocycles. The van der Waals surface area contributed by atoms with Gasteiger partial charge in [-0.3, -0.25) is 19.9 Å². The van der Waals surface area contributed by atoms with Gasteiger partial charge in [-0.15, -0.1) is 0 Å². The number of benzene rings is 10. The molecule has 10 aromatic carbocycles. The van der Waals surface area contributed by atoms with E-state index in [1.54, 1.807) is 6.07 Å². The minimum absolute atomic E-state index is 0.389. The van der Waals surface area contributed by atoms with Crippen LogP contribution in [0.5, 0.6) is 0 Å².